The second-order valence-electron chi connectivity index (χ2n) is 10.3. The van der Waals surface area contributed by atoms with Crippen LogP contribution in [0.3, 0.4) is 0 Å². The van der Waals surface area contributed by atoms with Gasteiger partial charge < -0.3 is 14.2 Å². The van der Waals surface area contributed by atoms with Crippen molar-refractivity contribution in [3.05, 3.63) is 35.4 Å². The van der Waals surface area contributed by atoms with Crippen LogP contribution in [0.2, 0.25) is 0 Å². The molecule has 31 heavy (non-hydrogen) atoms. The van der Waals surface area contributed by atoms with Crippen molar-refractivity contribution in [2.24, 2.45) is 23.7 Å². The smallest absolute Gasteiger partial charge is 0.337 e. The molecule has 5 fully saturated rings. The number of fused-ring (bicyclic) bond motifs is 2. The van der Waals surface area contributed by atoms with Gasteiger partial charge >= 0.3 is 5.97 Å². The van der Waals surface area contributed by atoms with E-state index in [-0.39, 0.29) is 23.9 Å². The molecule has 1 aliphatic carbocycles. The first-order valence-electron chi connectivity index (χ1n) is 11.7. The summed E-state index contributed by atoms with van der Waals surface area (Å²) in [5.41, 5.74) is 1.17. The van der Waals surface area contributed by atoms with E-state index in [9.17, 15) is 4.79 Å². The van der Waals surface area contributed by atoms with Gasteiger partial charge in [-0.1, -0.05) is 32.9 Å². The van der Waals surface area contributed by atoms with Gasteiger partial charge in [-0.2, -0.15) is 0 Å². The van der Waals surface area contributed by atoms with Crippen molar-refractivity contribution in [3.8, 4) is 0 Å². The average Bonchev–Trinajstić information content (AvgIpc) is 3.01. The Kier molecular flexibility index (Phi) is 5.20. The number of carbonyl (C=O) groups excluding carboxylic acids is 1. The highest BCUT2D eigenvalue weighted by molar-refractivity contribution is 5.89. The van der Waals surface area contributed by atoms with Crippen molar-refractivity contribution in [1.29, 1.82) is 0 Å². The number of carbonyl (C=O) groups is 1. The van der Waals surface area contributed by atoms with Crippen LogP contribution in [0, 0.1) is 23.7 Å². The van der Waals surface area contributed by atoms with Gasteiger partial charge in [0.1, 0.15) is 0 Å². The fraction of sp³-hybridized carbons (Fsp3) is 0.720. The Morgan fingerprint density at radius 2 is 1.84 bits per heavy atom. The monoisotopic (exact) mass is 430 g/mol. The van der Waals surface area contributed by atoms with E-state index in [2.05, 4.69) is 20.8 Å². The molecular weight excluding hydrogens is 396 g/mol. The van der Waals surface area contributed by atoms with Crippen molar-refractivity contribution in [2.75, 3.05) is 7.11 Å². The van der Waals surface area contributed by atoms with Gasteiger partial charge in [-0.15, -0.1) is 0 Å². The van der Waals surface area contributed by atoms with Gasteiger partial charge in [-0.05, 0) is 61.6 Å². The number of methoxy groups -OCH3 is 1. The van der Waals surface area contributed by atoms with Gasteiger partial charge in [0.15, 0.2) is 11.9 Å². The van der Waals surface area contributed by atoms with Gasteiger partial charge in [0.05, 0.1) is 18.8 Å². The first kappa shape index (κ1) is 21.4. The molecule has 6 rings (SSSR count). The number of ether oxygens (including phenoxy) is 3. The molecule has 1 unspecified atom stereocenters. The zero-order chi connectivity index (χ0) is 22.0. The first-order chi connectivity index (χ1) is 14.8. The molecule has 6 nitrogen and oxygen atoms in total. The maximum Gasteiger partial charge on any atom is 0.337 e. The van der Waals surface area contributed by atoms with E-state index in [0.29, 0.717) is 23.3 Å². The predicted octanol–water partition coefficient (Wildman–Crippen LogP) is 4.83. The highest BCUT2D eigenvalue weighted by Crippen LogP contribution is 2.61. The maximum absolute atomic E-state index is 11.8. The number of hydrogen-bond acceptors (Lipinski definition) is 6. The first-order valence-corrected chi connectivity index (χ1v) is 11.7. The quantitative estimate of drug-likeness (QED) is 0.506. The van der Waals surface area contributed by atoms with E-state index < -0.39 is 17.7 Å². The van der Waals surface area contributed by atoms with Crippen LogP contribution in [0.25, 0.3) is 0 Å². The SMILES string of the molecule is COC(=O)c1ccc([C@H](C)[C@H]2O[C@@H]3O[C@@]4(C)CC[C@H]5[C@H](C)CC[C@@H]([C@H]2C)C35OO4)cc1. The predicted molar refractivity (Wildman–Crippen MR) is 113 cm³/mol. The van der Waals surface area contributed by atoms with Crippen molar-refractivity contribution >= 4 is 5.97 Å². The normalized spacial score (nSPS) is 44.8. The highest BCUT2D eigenvalue weighted by Gasteiger charge is 2.69. The van der Waals surface area contributed by atoms with Crippen LogP contribution in [0.4, 0.5) is 0 Å². The van der Waals surface area contributed by atoms with Gasteiger partial charge in [-0.3, -0.25) is 0 Å². The lowest BCUT2D eigenvalue weighted by atomic mass is 9.56. The Morgan fingerprint density at radius 1 is 1.10 bits per heavy atom. The molecule has 6 heteroatoms. The topological polar surface area (TPSA) is 63.2 Å². The van der Waals surface area contributed by atoms with Crippen LogP contribution in [0.5, 0.6) is 0 Å². The third kappa shape index (κ3) is 3.17. The maximum atomic E-state index is 11.8. The molecule has 0 N–H and O–H groups in total. The Morgan fingerprint density at radius 3 is 2.55 bits per heavy atom. The van der Waals surface area contributed by atoms with Crippen LogP contribution in [0.15, 0.2) is 24.3 Å². The zero-order valence-corrected chi connectivity index (χ0v) is 19.1. The summed E-state index contributed by atoms with van der Waals surface area (Å²) in [7, 11) is 1.40. The van der Waals surface area contributed by atoms with Crippen LogP contribution in [-0.4, -0.2) is 36.9 Å². The lowest BCUT2D eigenvalue weighted by Gasteiger charge is -2.61. The second kappa shape index (κ2) is 7.55. The van der Waals surface area contributed by atoms with E-state index in [1.165, 1.54) is 13.5 Å². The second-order valence-corrected chi connectivity index (χ2v) is 10.3. The molecule has 1 aromatic rings. The number of hydrogen-bond donors (Lipinski definition) is 0. The molecule has 1 aromatic carbocycles. The summed E-state index contributed by atoms with van der Waals surface area (Å²) in [6, 6.07) is 7.66. The average molecular weight is 431 g/mol. The summed E-state index contributed by atoms with van der Waals surface area (Å²) >= 11 is 0. The lowest BCUT2D eigenvalue weighted by molar-refractivity contribution is -0.571. The van der Waals surface area contributed by atoms with E-state index in [4.69, 9.17) is 24.0 Å². The van der Waals surface area contributed by atoms with Crippen molar-refractivity contribution in [1.82, 2.24) is 0 Å². The van der Waals surface area contributed by atoms with Gasteiger partial charge in [0.25, 0.3) is 0 Å². The summed E-state index contributed by atoms with van der Waals surface area (Å²) in [6.07, 6.45) is 3.71. The number of rotatable bonds is 3. The van der Waals surface area contributed by atoms with E-state index in [1.54, 1.807) is 0 Å². The minimum atomic E-state index is -0.756. The van der Waals surface area contributed by atoms with E-state index in [1.807, 2.05) is 31.2 Å². The molecule has 0 radical (unpaired) electrons. The van der Waals surface area contributed by atoms with E-state index >= 15 is 0 Å². The minimum Gasteiger partial charge on any atom is -0.465 e. The summed E-state index contributed by atoms with van der Waals surface area (Å²) < 4.78 is 18.1. The number of esters is 1. The molecule has 0 aromatic heterocycles. The highest BCUT2D eigenvalue weighted by atomic mass is 17.3. The van der Waals surface area contributed by atoms with Crippen LogP contribution < -0.4 is 0 Å². The summed E-state index contributed by atoms with van der Waals surface area (Å²) in [4.78, 5) is 24.0. The fourth-order valence-corrected chi connectivity index (χ4v) is 6.74. The zero-order valence-electron chi connectivity index (χ0n) is 19.1. The fourth-order valence-electron chi connectivity index (χ4n) is 6.74. The molecule has 0 amide bonds. The van der Waals surface area contributed by atoms with Crippen LogP contribution >= 0.6 is 0 Å². The lowest BCUT2D eigenvalue weighted by Crippen LogP contribution is -2.70. The summed E-state index contributed by atoms with van der Waals surface area (Å²) in [5, 5.41) is 0. The molecule has 170 valence electrons. The standard InChI is InChI=1S/C25H34O6/c1-14-6-11-20-16(3)21(15(2)17-7-9-18(10-8-17)22(26)27-5)28-23-25(20)19(14)12-13-24(4,29-23)30-31-25/h7-10,14-16,19-21,23H,6,11-13H2,1-5H3/t14-,15+,16-,19+,20+,21-,23-,24-,25?/m1/s1. The summed E-state index contributed by atoms with van der Waals surface area (Å²) in [6.45, 7) is 8.78. The molecule has 4 saturated heterocycles. The van der Waals surface area contributed by atoms with Crippen molar-refractivity contribution in [2.45, 2.75) is 83.1 Å². The molecule has 1 spiro atoms. The van der Waals surface area contributed by atoms with Crippen LogP contribution in [0.1, 0.15) is 75.2 Å². The third-order valence-corrected chi connectivity index (χ3v) is 8.56. The molecule has 4 heterocycles. The Bertz CT molecular complexity index is 839. The molecule has 2 bridgehead atoms. The van der Waals surface area contributed by atoms with Crippen molar-refractivity contribution in [3.63, 3.8) is 0 Å². The minimum absolute atomic E-state index is 0.00907. The Labute approximate surface area is 184 Å². The van der Waals surface area contributed by atoms with Crippen molar-refractivity contribution < 1.29 is 28.8 Å². The Hall–Kier alpha value is -1.47. The van der Waals surface area contributed by atoms with E-state index in [0.717, 1.165) is 24.8 Å². The molecule has 9 atom stereocenters. The molecule has 4 aliphatic heterocycles. The van der Waals surface area contributed by atoms with Gasteiger partial charge in [0, 0.05) is 18.3 Å². The Balaban J connectivity index is 1.46. The van der Waals surface area contributed by atoms with Gasteiger partial charge in [-0.25, -0.2) is 14.6 Å². The largest absolute Gasteiger partial charge is 0.465 e. The summed E-state index contributed by atoms with van der Waals surface area (Å²) in [5.74, 6) is 0.609. The third-order valence-electron chi connectivity index (χ3n) is 8.56. The molecular formula is C25H34O6. The number of benzene rings is 1. The molecule has 1 saturated carbocycles. The molecule has 5 aliphatic rings. The van der Waals surface area contributed by atoms with Gasteiger partial charge in [0.2, 0.25) is 5.79 Å². The van der Waals surface area contributed by atoms with Crippen LogP contribution in [-0.2, 0) is 24.0 Å².